The lowest BCUT2D eigenvalue weighted by Gasteiger charge is -2.19. The van der Waals surface area contributed by atoms with Crippen molar-refractivity contribution in [3.05, 3.63) is 35.1 Å². The third-order valence-corrected chi connectivity index (χ3v) is 2.52. The van der Waals surface area contributed by atoms with Crippen LogP contribution in [0.25, 0.3) is 0 Å². The molecule has 0 saturated heterocycles. The molecule has 0 fully saturated rings. The Bertz CT molecular complexity index is 523. The van der Waals surface area contributed by atoms with Crippen LogP contribution in [0, 0.1) is 5.82 Å². The largest absolute Gasteiger partial charge is 0.465 e. The quantitative estimate of drug-likeness (QED) is 0.868. The number of ether oxygens (including phenoxy) is 2. The third-order valence-electron chi connectivity index (χ3n) is 2.52. The number of benzene rings is 1. The molecule has 5 nitrogen and oxygen atoms in total. The number of carbonyl (C=O) groups excluding carboxylic acids is 2. The highest BCUT2D eigenvalue weighted by molar-refractivity contribution is 5.89. The minimum Gasteiger partial charge on any atom is -0.465 e. The number of esters is 1. The van der Waals surface area contributed by atoms with E-state index in [1.54, 1.807) is 26.8 Å². The van der Waals surface area contributed by atoms with E-state index in [0.717, 1.165) is 0 Å². The Labute approximate surface area is 123 Å². The average molecular weight is 297 g/mol. The maximum Gasteiger partial charge on any atom is 0.407 e. The molecule has 0 saturated carbocycles. The fraction of sp³-hybridized carbons (Fsp3) is 0.467. The highest BCUT2D eigenvalue weighted by Crippen LogP contribution is 2.12. The fourth-order valence-electron chi connectivity index (χ4n) is 1.62. The lowest BCUT2D eigenvalue weighted by Crippen LogP contribution is -2.33. The molecule has 0 spiro atoms. The van der Waals surface area contributed by atoms with Gasteiger partial charge in [-0.05, 0) is 44.9 Å². The lowest BCUT2D eigenvalue weighted by molar-refractivity contribution is 0.0526. The van der Waals surface area contributed by atoms with Crippen LogP contribution in [-0.4, -0.2) is 31.3 Å². The van der Waals surface area contributed by atoms with Crippen LogP contribution in [0.1, 0.15) is 36.7 Å². The van der Waals surface area contributed by atoms with Gasteiger partial charge in [0.1, 0.15) is 11.4 Å². The lowest BCUT2D eigenvalue weighted by atomic mass is 10.1. The van der Waals surface area contributed by atoms with E-state index >= 15 is 0 Å². The molecule has 0 unspecified atom stereocenters. The van der Waals surface area contributed by atoms with Crippen molar-refractivity contribution in [2.45, 2.75) is 32.8 Å². The van der Waals surface area contributed by atoms with Crippen LogP contribution < -0.4 is 5.32 Å². The van der Waals surface area contributed by atoms with Gasteiger partial charge in [0.15, 0.2) is 0 Å². The Hall–Kier alpha value is -2.11. The minimum atomic E-state index is -0.727. The number of nitrogens with one attached hydrogen (secondary N) is 1. The summed E-state index contributed by atoms with van der Waals surface area (Å²) in [6.45, 7) is 5.64. The second-order valence-corrected chi connectivity index (χ2v) is 5.48. The normalized spacial score (nSPS) is 10.9. The molecular weight excluding hydrogens is 277 g/mol. The molecule has 1 rings (SSSR count). The molecule has 21 heavy (non-hydrogen) atoms. The van der Waals surface area contributed by atoms with Crippen LogP contribution in [0.15, 0.2) is 18.2 Å². The van der Waals surface area contributed by atoms with Crippen molar-refractivity contribution in [3.8, 4) is 0 Å². The maximum absolute atomic E-state index is 13.5. The van der Waals surface area contributed by atoms with Crippen LogP contribution in [0.2, 0.25) is 0 Å². The van der Waals surface area contributed by atoms with Gasteiger partial charge >= 0.3 is 12.1 Å². The molecule has 6 heteroatoms. The zero-order chi connectivity index (χ0) is 16.0. The number of carbonyl (C=O) groups is 2. The molecule has 1 aromatic rings. The van der Waals surface area contributed by atoms with E-state index in [9.17, 15) is 14.0 Å². The molecule has 1 N–H and O–H groups in total. The Kier molecular flexibility index (Phi) is 5.69. The predicted molar refractivity (Wildman–Crippen MR) is 75.7 cm³/mol. The zero-order valence-corrected chi connectivity index (χ0v) is 12.7. The second-order valence-electron chi connectivity index (χ2n) is 5.48. The van der Waals surface area contributed by atoms with Gasteiger partial charge in [-0.3, -0.25) is 0 Å². The van der Waals surface area contributed by atoms with Crippen LogP contribution in [-0.2, 0) is 15.9 Å². The first kappa shape index (κ1) is 16.9. The number of alkyl carbamates (subject to hydrolysis) is 1. The molecule has 1 amide bonds. The van der Waals surface area contributed by atoms with E-state index in [-0.39, 0.29) is 5.56 Å². The number of halogens is 1. The van der Waals surface area contributed by atoms with E-state index in [1.165, 1.54) is 19.2 Å². The Morgan fingerprint density at radius 1 is 1.29 bits per heavy atom. The van der Waals surface area contributed by atoms with E-state index in [0.29, 0.717) is 18.5 Å². The van der Waals surface area contributed by atoms with Gasteiger partial charge in [0, 0.05) is 6.54 Å². The summed E-state index contributed by atoms with van der Waals surface area (Å²) >= 11 is 0. The summed E-state index contributed by atoms with van der Waals surface area (Å²) in [7, 11) is 1.19. The summed E-state index contributed by atoms with van der Waals surface area (Å²) in [5, 5.41) is 2.59. The molecule has 1 aromatic carbocycles. The van der Waals surface area contributed by atoms with Gasteiger partial charge in [-0.15, -0.1) is 0 Å². The monoisotopic (exact) mass is 297 g/mol. The Morgan fingerprint density at radius 3 is 2.52 bits per heavy atom. The molecule has 0 heterocycles. The van der Waals surface area contributed by atoms with E-state index in [4.69, 9.17) is 4.74 Å². The summed E-state index contributed by atoms with van der Waals surface area (Å²) < 4.78 is 23.0. The summed E-state index contributed by atoms with van der Waals surface area (Å²) in [4.78, 5) is 22.8. The molecule has 0 aromatic heterocycles. The first-order chi connectivity index (χ1) is 9.73. The molecule has 0 radical (unpaired) electrons. The van der Waals surface area contributed by atoms with Crippen molar-refractivity contribution >= 4 is 12.1 Å². The van der Waals surface area contributed by atoms with Crippen molar-refractivity contribution in [1.82, 2.24) is 5.32 Å². The number of amides is 1. The Balaban J connectivity index is 2.57. The van der Waals surface area contributed by atoms with Crippen molar-refractivity contribution in [2.75, 3.05) is 13.7 Å². The van der Waals surface area contributed by atoms with Gasteiger partial charge in [0.2, 0.25) is 0 Å². The molecule has 0 aliphatic carbocycles. The smallest absolute Gasteiger partial charge is 0.407 e. The van der Waals surface area contributed by atoms with E-state index in [1.807, 2.05) is 0 Å². The first-order valence-corrected chi connectivity index (χ1v) is 6.56. The summed E-state index contributed by atoms with van der Waals surface area (Å²) in [5.41, 5.74) is 0.0398. The Morgan fingerprint density at radius 2 is 1.95 bits per heavy atom. The minimum absolute atomic E-state index is 0.118. The van der Waals surface area contributed by atoms with Gasteiger partial charge in [-0.1, -0.05) is 6.07 Å². The number of hydrogen-bond donors (Lipinski definition) is 1. The van der Waals surface area contributed by atoms with Gasteiger partial charge in [-0.2, -0.15) is 0 Å². The standard InChI is InChI=1S/C15H20FNO4/c1-15(2,3)21-14(19)17-8-7-10-5-6-12(16)11(9-10)13(18)20-4/h5-6,9H,7-8H2,1-4H3,(H,17,19). The number of methoxy groups -OCH3 is 1. The first-order valence-electron chi connectivity index (χ1n) is 6.56. The van der Waals surface area contributed by atoms with Crippen molar-refractivity contribution in [3.63, 3.8) is 0 Å². The van der Waals surface area contributed by atoms with Gasteiger partial charge in [0.25, 0.3) is 0 Å². The summed E-state index contributed by atoms with van der Waals surface area (Å²) in [5.74, 6) is -1.36. The highest BCUT2D eigenvalue weighted by atomic mass is 19.1. The van der Waals surface area contributed by atoms with Crippen LogP contribution >= 0.6 is 0 Å². The van der Waals surface area contributed by atoms with Crippen LogP contribution in [0.5, 0.6) is 0 Å². The van der Waals surface area contributed by atoms with Crippen molar-refractivity contribution < 1.29 is 23.5 Å². The van der Waals surface area contributed by atoms with Crippen LogP contribution in [0.4, 0.5) is 9.18 Å². The topological polar surface area (TPSA) is 64.6 Å². The maximum atomic E-state index is 13.5. The number of hydrogen-bond acceptors (Lipinski definition) is 4. The predicted octanol–water partition coefficient (Wildman–Crippen LogP) is 2.68. The summed E-state index contributed by atoms with van der Waals surface area (Å²) in [6, 6.07) is 4.17. The zero-order valence-electron chi connectivity index (χ0n) is 12.7. The third kappa shape index (κ3) is 5.81. The SMILES string of the molecule is COC(=O)c1cc(CCNC(=O)OC(C)(C)C)ccc1F. The van der Waals surface area contributed by atoms with E-state index in [2.05, 4.69) is 10.1 Å². The highest BCUT2D eigenvalue weighted by Gasteiger charge is 2.16. The van der Waals surface area contributed by atoms with Crippen molar-refractivity contribution in [2.24, 2.45) is 0 Å². The molecule has 116 valence electrons. The summed E-state index contributed by atoms with van der Waals surface area (Å²) in [6.07, 6.45) is -0.0680. The van der Waals surface area contributed by atoms with Gasteiger partial charge in [-0.25, -0.2) is 14.0 Å². The van der Waals surface area contributed by atoms with Gasteiger partial charge in [0.05, 0.1) is 12.7 Å². The second kappa shape index (κ2) is 7.06. The number of rotatable bonds is 4. The van der Waals surface area contributed by atoms with Crippen LogP contribution in [0.3, 0.4) is 0 Å². The molecule has 0 aliphatic heterocycles. The van der Waals surface area contributed by atoms with E-state index < -0.39 is 23.5 Å². The fourth-order valence-corrected chi connectivity index (χ4v) is 1.62. The van der Waals surface area contributed by atoms with Gasteiger partial charge < -0.3 is 14.8 Å². The molecule has 0 aliphatic rings. The molecular formula is C15H20FNO4. The molecule has 0 bridgehead atoms. The average Bonchev–Trinajstić information content (AvgIpc) is 2.37. The van der Waals surface area contributed by atoms with Crippen molar-refractivity contribution in [1.29, 1.82) is 0 Å². The molecule has 0 atom stereocenters.